The predicted octanol–water partition coefficient (Wildman–Crippen LogP) is 2.85. The highest BCUT2D eigenvalue weighted by atomic mass is 35.5. The monoisotopic (exact) mass is 292 g/mol. The molecule has 19 heavy (non-hydrogen) atoms. The van der Waals surface area contributed by atoms with E-state index in [0.717, 1.165) is 29.1 Å². The lowest BCUT2D eigenvalue weighted by molar-refractivity contribution is -0.384. The second-order valence-electron chi connectivity index (χ2n) is 3.41. The van der Waals surface area contributed by atoms with Gasteiger partial charge in [0.25, 0.3) is 5.69 Å². The Bertz CT molecular complexity index is 641. The van der Waals surface area contributed by atoms with Crippen molar-refractivity contribution in [2.45, 2.75) is 6.18 Å². The number of nitrogens with zero attached hydrogens (tertiary/aromatic N) is 4. The first-order valence-corrected chi connectivity index (χ1v) is 5.10. The molecule has 10 heteroatoms. The third-order valence-corrected chi connectivity index (χ3v) is 2.28. The molecule has 0 aromatic carbocycles. The second kappa shape index (κ2) is 4.50. The Morgan fingerprint density at radius 3 is 2.58 bits per heavy atom. The van der Waals surface area contributed by atoms with Gasteiger partial charge in [0, 0.05) is 6.20 Å². The van der Waals surface area contributed by atoms with Gasteiger partial charge in [0.05, 0.1) is 17.1 Å². The summed E-state index contributed by atoms with van der Waals surface area (Å²) in [5.41, 5.74) is -1.52. The van der Waals surface area contributed by atoms with Gasteiger partial charge in [0.2, 0.25) is 0 Å². The Kier molecular flexibility index (Phi) is 3.14. The lowest BCUT2D eigenvalue weighted by Crippen LogP contribution is -2.08. The number of nitro groups is 1. The van der Waals surface area contributed by atoms with Crippen LogP contribution in [0.25, 0.3) is 5.82 Å². The van der Waals surface area contributed by atoms with Gasteiger partial charge in [0.1, 0.15) is 5.15 Å². The Hall–Kier alpha value is -2.16. The summed E-state index contributed by atoms with van der Waals surface area (Å²) in [5, 5.41) is 13.6. The highest BCUT2D eigenvalue weighted by Crippen LogP contribution is 2.28. The van der Waals surface area contributed by atoms with E-state index in [1.165, 1.54) is 0 Å². The molecule has 0 saturated heterocycles. The zero-order valence-electron chi connectivity index (χ0n) is 8.93. The van der Waals surface area contributed by atoms with Crippen molar-refractivity contribution in [3.63, 3.8) is 0 Å². The summed E-state index contributed by atoms with van der Waals surface area (Å²) >= 11 is 5.56. The molecule has 6 nitrogen and oxygen atoms in total. The van der Waals surface area contributed by atoms with Crippen molar-refractivity contribution in [1.82, 2.24) is 14.8 Å². The first-order chi connectivity index (χ1) is 8.77. The van der Waals surface area contributed by atoms with Crippen LogP contribution in [0.3, 0.4) is 0 Å². The molecule has 0 atom stereocenters. The van der Waals surface area contributed by atoms with Crippen LogP contribution < -0.4 is 0 Å². The molecule has 0 fully saturated rings. The van der Waals surface area contributed by atoms with Crippen molar-refractivity contribution in [2.24, 2.45) is 0 Å². The fourth-order valence-corrected chi connectivity index (χ4v) is 1.49. The number of hydrogen-bond donors (Lipinski definition) is 0. The van der Waals surface area contributed by atoms with Crippen LogP contribution in [-0.4, -0.2) is 19.7 Å². The molecule has 0 unspecified atom stereocenters. The first-order valence-electron chi connectivity index (χ1n) is 4.72. The summed E-state index contributed by atoms with van der Waals surface area (Å²) in [4.78, 5) is 13.6. The maximum Gasteiger partial charge on any atom is 0.435 e. The largest absolute Gasteiger partial charge is 0.435 e. The van der Waals surface area contributed by atoms with Crippen LogP contribution in [0.15, 0.2) is 24.4 Å². The highest BCUT2D eigenvalue weighted by molar-refractivity contribution is 6.29. The molecule has 0 radical (unpaired) electrons. The van der Waals surface area contributed by atoms with Gasteiger partial charge in [-0.3, -0.25) is 10.1 Å². The Morgan fingerprint density at radius 2 is 2.05 bits per heavy atom. The maximum absolute atomic E-state index is 12.4. The fraction of sp³-hybridized carbons (Fsp3) is 0.111. The number of rotatable bonds is 2. The SMILES string of the molecule is O=[N+]([O-])c1cc(Cl)nc(-n2ccc(C(F)(F)F)n2)c1. The molecular formula is C9H4ClF3N4O2. The highest BCUT2D eigenvalue weighted by Gasteiger charge is 2.33. The number of alkyl halides is 3. The van der Waals surface area contributed by atoms with Crippen LogP contribution in [-0.2, 0) is 6.18 Å². The number of pyridine rings is 1. The molecular weight excluding hydrogens is 289 g/mol. The maximum atomic E-state index is 12.4. The summed E-state index contributed by atoms with van der Waals surface area (Å²) < 4.78 is 37.9. The first kappa shape index (κ1) is 13.3. The molecule has 100 valence electrons. The van der Waals surface area contributed by atoms with E-state index in [1.54, 1.807) is 0 Å². The molecule has 0 aliphatic carbocycles. The average molecular weight is 293 g/mol. The molecule has 0 bridgehead atoms. The topological polar surface area (TPSA) is 73.8 Å². The van der Waals surface area contributed by atoms with Crippen LogP contribution in [0.4, 0.5) is 18.9 Å². The molecule has 0 N–H and O–H groups in total. The average Bonchev–Trinajstić information content (AvgIpc) is 2.76. The van der Waals surface area contributed by atoms with E-state index in [-0.39, 0.29) is 16.7 Å². The molecule has 2 aromatic rings. The number of hydrogen-bond acceptors (Lipinski definition) is 4. The van der Waals surface area contributed by atoms with E-state index in [2.05, 4.69) is 10.1 Å². The van der Waals surface area contributed by atoms with E-state index in [1.807, 2.05) is 0 Å². The van der Waals surface area contributed by atoms with E-state index >= 15 is 0 Å². The molecule has 0 saturated carbocycles. The zero-order chi connectivity index (χ0) is 14.2. The molecule has 0 amide bonds. The Balaban J connectivity index is 2.47. The lowest BCUT2D eigenvalue weighted by Gasteiger charge is -2.03. The van der Waals surface area contributed by atoms with Crippen molar-refractivity contribution >= 4 is 17.3 Å². The van der Waals surface area contributed by atoms with Gasteiger partial charge in [-0.1, -0.05) is 11.6 Å². The van der Waals surface area contributed by atoms with Crippen molar-refractivity contribution in [1.29, 1.82) is 0 Å². The van der Waals surface area contributed by atoms with Gasteiger partial charge in [-0.05, 0) is 6.07 Å². The standard InChI is InChI=1S/C9H4ClF3N4O2/c10-7-3-5(17(18)19)4-8(14-7)16-2-1-6(15-16)9(11,12)13/h1-4H. The van der Waals surface area contributed by atoms with Gasteiger partial charge in [-0.2, -0.15) is 18.3 Å². The van der Waals surface area contributed by atoms with Crippen LogP contribution in [0, 0.1) is 10.1 Å². The Labute approximate surface area is 108 Å². The smallest absolute Gasteiger partial charge is 0.258 e. The van der Waals surface area contributed by atoms with E-state index in [9.17, 15) is 23.3 Å². The van der Waals surface area contributed by atoms with Crippen LogP contribution >= 0.6 is 11.6 Å². The molecule has 0 spiro atoms. The normalized spacial score (nSPS) is 11.6. The minimum absolute atomic E-state index is 0.172. The third kappa shape index (κ3) is 2.81. The fourth-order valence-electron chi connectivity index (χ4n) is 1.30. The minimum atomic E-state index is -4.60. The van der Waals surface area contributed by atoms with E-state index in [0.29, 0.717) is 0 Å². The zero-order valence-corrected chi connectivity index (χ0v) is 9.68. The number of halogens is 4. The molecule has 0 aliphatic rings. The van der Waals surface area contributed by atoms with Gasteiger partial charge in [-0.15, -0.1) is 0 Å². The Morgan fingerprint density at radius 1 is 1.37 bits per heavy atom. The van der Waals surface area contributed by atoms with Crippen LogP contribution in [0.1, 0.15) is 5.69 Å². The van der Waals surface area contributed by atoms with E-state index in [4.69, 9.17) is 11.6 Å². The predicted molar refractivity (Wildman–Crippen MR) is 58.0 cm³/mol. The van der Waals surface area contributed by atoms with Crippen molar-refractivity contribution < 1.29 is 18.1 Å². The summed E-state index contributed by atoms with van der Waals surface area (Å²) in [6.07, 6.45) is -3.61. The molecule has 2 rings (SSSR count). The summed E-state index contributed by atoms with van der Waals surface area (Å²) in [5.74, 6) is -0.172. The van der Waals surface area contributed by atoms with Gasteiger partial charge in [-0.25, -0.2) is 9.67 Å². The number of aromatic nitrogens is 3. The van der Waals surface area contributed by atoms with Crippen molar-refractivity contribution in [2.75, 3.05) is 0 Å². The second-order valence-corrected chi connectivity index (χ2v) is 3.79. The van der Waals surface area contributed by atoms with Crippen molar-refractivity contribution in [3.05, 3.63) is 45.4 Å². The van der Waals surface area contributed by atoms with Crippen LogP contribution in [0.5, 0.6) is 0 Å². The molecule has 2 heterocycles. The van der Waals surface area contributed by atoms with Crippen molar-refractivity contribution in [3.8, 4) is 5.82 Å². The quantitative estimate of drug-likeness (QED) is 0.484. The van der Waals surface area contributed by atoms with Gasteiger partial charge in [0.15, 0.2) is 11.5 Å². The third-order valence-electron chi connectivity index (χ3n) is 2.09. The minimum Gasteiger partial charge on any atom is -0.258 e. The lowest BCUT2D eigenvalue weighted by atomic mass is 10.4. The molecule has 0 aliphatic heterocycles. The summed E-state index contributed by atoms with van der Waals surface area (Å²) in [6, 6.07) is 2.69. The van der Waals surface area contributed by atoms with Gasteiger partial charge >= 0.3 is 6.18 Å². The summed E-state index contributed by atoms with van der Waals surface area (Å²) in [7, 11) is 0. The van der Waals surface area contributed by atoms with Gasteiger partial charge < -0.3 is 0 Å². The summed E-state index contributed by atoms with van der Waals surface area (Å²) in [6.45, 7) is 0. The molecule has 2 aromatic heterocycles. The van der Waals surface area contributed by atoms with Crippen LogP contribution in [0.2, 0.25) is 5.15 Å². The van der Waals surface area contributed by atoms with E-state index < -0.39 is 16.8 Å².